The molecule has 1 aliphatic heterocycles. The Hall–Kier alpha value is -1.24. The molecule has 1 heterocycles. The number of benzene rings is 1. The standard InChI is InChI=1S/C15H21N/c1-10(2)12-7-8-14-13(9-12)15(4,5)11(3)16(14)6/h7-10H,3H2,1-2,4-6H3. The molecule has 0 spiro atoms. The molecule has 2 rings (SSSR count). The molecule has 0 atom stereocenters. The molecule has 0 aromatic heterocycles. The number of fused-ring (bicyclic) bond motifs is 1. The molecule has 0 unspecified atom stereocenters. The van der Waals surface area contributed by atoms with Crippen molar-refractivity contribution in [2.45, 2.75) is 39.0 Å². The first kappa shape index (κ1) is 11.3. The van der Waals surface area contributed by atoms with Crippen molar-refractivity contribution in [3.8, 4) is 0 Å². The van der Waals surface area contributed by atoms with Crippen molar-refractivity contribution < 1.29 is 0 Å². The van der Waals surface area contributed by atoms with Gasteiger partial charge in [-0.05, 0) is 23.1 Å². The Morgan fingerprint density at radius 3 is 2.44 bits per heavy atom. The highest BCUT2D eigenvalue weighted by Gasteiger charge is 2.37. The van der Waals surface area contributed by atoms with Crippen molar-refractivity contribution in [3.63, 3.8) is 0 Å². The van der Waals surface area contributed by atoms with E-state index >= 15 is 0 Å². The van der Waals surface area contributed by atoms with Gasteiger partial charge in [0.1, 0.15) is 0 Å². The normalized spacial score (nSPS) is 18.1. The van der Waals surface area contributed by atoms with Crippen LogP contribution in [-0.2, 0) is 5.41 Å². The summed E-state index contributed by atoms with van der Waals surface area (Å²) in [6.45, 7) is 13.2. The van der Waals surface area contributed by atoms with Crippen molar-refractivity contribution in [3.05, 3.63) is 41.6 Å². The molecule has 0 saturated heterocycles. The van der Waals surface area contributed by atoms with Crippen LogP contribution in [0.5, 0.6) is 0 Å². The van der Waals surface area contributed by atoms with Crippen molar-refractivity contribution in [2.75, 3.05) is 11.9 Å². The van der Waals surface area contributed by atoms with Gasteiger partial charge in [0, 0.05) is 23.8 Å². The third kappa shape index (κ3) is 1.38. The Kier molecular flexibility index (Phi) is 2.37. The molecule has 0 aliphatic carbocycles. The van der Waals surface area contributed by atoms with Crippen LogP contribution < -0.4 is 4.90 Å². The minimum Gasteiger partial charge on any atom is -0.348 e. The molecule has 1 aromatic rings. The molecule has 1 aliphatic rings. The number of allylic oxidation sites excluding steroid dienone is 1. The molecule has 0 saturated carbocycles. The number of anilines is 1. The van der Waals surface area contributed by atoms with E-state index in [9.17, 15) is 0 Å². The Labute approximate surface area is 98.8 Å². The van der Waals surface area contributed by atoms with Crippen LogP contribution in [0.25, 0.3) is 0 Å². The van der Waals surface area contributed by atoms with Crippen LogP contribution >= 0.6 is 0 Å². The largest absolute Gasteiger partial charge is 0.348 e. The molecule has 86 valence electrons. The topological polar surface area (TPSA) is 3.24 Å². The Bertz CT molecular complexity index is 441. The first-order valence-corrected chi connectivity index (χ1v) is 5.93. The predicted molar refractivity (Wildman–Crippen MR) is 71.1 cm³/mol. The first-order chi connectivity index (χ1) is 7.35. The summed E-state index contributed by atoms with van der Waals surface area (Å²) < 4.78 is 0. The fourth-order valence-electron chi connectivity index (χ4n) is 2.43. The average molecular weight is 215 g/mol. The van der Waals surface area contributed by atoms with E-state index in [1.54, 1.807) is 0 Å². The lowest BCUT2D eigenvalue weighted by atomic mass is 9.83. The second-order valence-corrected chi connectivity index (χ2v) is 5.56. The molecule has 1 heteroatoms. The second kappa shape index (κ2) is 3.38. The molecule has 0 bridgehead atoms. The van der Waals surface area contributed by atoms with Crippen LogP contribution in [0.15, 0.2) is 30.5 Å². The molecular formula is C15H21N. The molecular weight excluding hydrogens is 194 g/mol. The van der Waals surface area contributed by atoms with E-state index in [1.807, 2.05) is 0 Å². The minimum absolute atomic E-state index is 0.0645. The number of hydrogen-bond donors (Lipinski definition) is 0. The summed E-state index contributed by atoms with van der Waals surface area (Å²) in [5.41, 5.74) is 5.37. The summed E-state index contributed by atoms with van der Waals surface area (Å²) in [5, 5.41) is 0. The van der Waals surface area contributed by atoms with E-state index < -0.39 is 0 Å². The lowest BCUT2D eigenvalue weighted by molar-refractivity contribution is 0.641. The van der Waals surface area contributed by atoms with Crippen LogP contribution in [0.4, 0.5) is 5.69 Å². The van der Waals surface area contributed by atoms with E-state index in [1.165, 1.54) is 22.5 Å². The molecule has 0 N–H and O–H groups in total. The van der Waals surface area contributed by atoms with Gasteiger partial charge in [-0.1, -0.05) is 46.4 Å². The van der Waals surface area contributed by atoms with Gasteiger partial charge in [-0.3, -0.25) is 0 Å². The number of rotatable bonds is 1. The first-order valence-electron chi connectivity index (χ1n) is 5.93. The highest BCUT2D eigenvalue weighted by molar-refractivity contribution is 5.70. The van der Waals surface area contributed by atoms with Gasteiger partial charge < -0.3 is 4.90 Å². The summed E-state index contributed by atoms with van der Waals surface area (Å²) in [7, 11) is 2.10. The van der Waals surface area contributed by atoms with Crippen molar-refractivity contribution >= 4 is 5.69 Å². The van der Waals surface area contributed by atoms with Gasteiger partial charge in [-0.25, -0.2) is 0 Å². The SMILES string of the molecule is C=C1N(C)c2ccc(C(C)C)cc2C1(C)C. The van der Waals surface area contributed by atoms with Crippen molar-refractivity contribution in [1.29, 1.82) is 0 Å². The fourth-order valence-corrected chi connectivity index (χ4v) is 2.43. The predicted octanol–water partition coefficient (Wildman–Crippen LogP) is 4.05. The number of hydrogen-bond acceptors (Lipinski definition) is 1. The third-order valence-corrected chi connectivity index (χ3v) is 3.85. The van der Waals surface area contributed by atoms with E-state index in [-0.39, 0.29) is 5.41 Å². The van der Waals surface area contributed by atoms with Gasteiger partial charge in [0.15, 0.2) is 0 Å². The van der Waals surface area contributed by atoms with Gasteiger partial charge in [0.25, 0.3) is 0 Å². The second-order valence-electron chi connectivity index (χ2n) is 5.56. The van der Waals surface area contributed by atoms with E-state index in [2.05, 4.69) is 64.4 Å². The van der Waals surface area contributed by atoms with E-state index in [4.69, 9.17) is 0 Å². The maximum absolute atomic E-state index is 4.20. The quantitative estimate of drug-likeness (QED) is 0.683. The highest BCUT2D eigenvalue weighted by Crippen LogP contribution is 2.46. The molecule has 16 heavy (non-hydrogen) atoms. The zero-order chi connectivity index (χ0) is 12.1. The van der Waals surface area contributed by atoms with Crippen LogP contribution in [0.3, 0.4) is 0 Å². The summed E-state index contributed by atoms with van der Waals surface area (Å²) in [5.74, 6) is 0.584. The van der Waals surface area contributed by atoms with E-state index in [0.29, 0.717) is 5.92 Å². The van der Waals surface area contributed by atoms with Gasteiger partial charge in [-0.2, -0.15) is 0 Å². The summed E-state index contributed by atoms with van der Waals surface area (Å²) in [6, 6.07) is 6.80. The zero-order valence-corrected chi connectivity index (χ0v) is 11.0. The summed E-state index contributed by atoms with van der Waals surface area (Å²) in [4.78, 5) is 2.21. The van der Waals surface area contributed by atoms with Crippen LogP contribution in [0, 0.1) is 0 Å². The van der Waals surface area contributed by atoms with Crippen molar-refractivity contribution in [1.82, 2.24) is 0 Å². The Balaban J connectivity index is 2.61. The maximum Gasteiger partial charge on any atom is 0.0447 e. The number of likely N-dealkylation sites (N-methyl/N-ethyl adjacent to an activating group) is 1. The maximum atomic E-state index is 4.20. The Morgan fingerprint density at radius 2 is 1.88 bits per heavy atom. The third-order valence-electron chi connectivity index (χ3n) is 3.85. The molecule has 0 radical (unpaired) electrons. The zero-order valence-electron chi connectivity index (χ0n) is 11.0. The van der Waals surface area contributed by atoms with Gasteiger partial charge in [0.2, 0.25) is 0 Å². The van der Waals surface area contributed by atoms with Crippen molar-refractivity contribution in [2.24, 2.45) is 0 Å². The molecule has 0 fully saturated rings. The summed E-state index contributed by atoms with van der Waals surface area (Å²) >= 11 is 0. The smallest absolute Gasteiger partial charge is 0.0447 e. The average Bonchev–Trinajstić information content (AvgIpc) is 2.40. The fraction of sp³-hybridized carbons (Fsp3) is 0.467. The molecule has 1 aromatic carbocycles. The highest BCUT2D eigenvalue weighted by atomic mass is 15.1. The molecule has 1 nitrogen and oxygen atoms in total. The van der Waals surface area contributed by atoms with Gasteiger partial charge in [-0.15, -0.1) is 0 Å². The van der Waals surface area contributed by atoms with Gasteiger partial charge >= 0.3 is 0 Å². The Morgan fingerprint density at radius 1 is 1.25 bits per heavy atom. The monoisotopic (exact) mass is 215 g/mol. The van der Waals surface area contributed by atoms with Crippen LogP contribution in [0.2, 0.25) is 0 Å². The molecule has 0 amide bonds. The van der Waals surface area contributed by atoms with Crippen LogP contribution in [0.1, 0.15) is 44.7 Å². The lowest BCUT2D eigenvalue weighted by Crippen LogP contribution is -2.21. The van der Waals surface area contributed by atoms with E-state index in [0.717, 1.165) is 0 Å². The minimum atomic E-state index is 0.0645. The van der Waals surface area contributed by atoms with Crippen LogP contribution in [-0.4, -0.2) is 7.05 Å². The number of nitrogens with zero attached hydrogens (tertiary/aromatic N) is 1. The lowest BCUT2D eigenvalue weighted by Gasteiger charge is -2.22. The van der Waals surface area contributed by atoms with Gasteiger partial charge in [0.05, 0.1) is 0 Å². The summed E-state index contributed by atoms with van der Waals surface area (Å²) in [6.07, 6.45) is 0.